The van der Waals surface area contributed by atoms with E-state index in [0.29, 0.717) is 5.69 Å². The van der Waals surface area contributed by atoms with Gasteiger partial charge in [-0.25, -0.2) is 4.39 Å². The molecule has 2 aromatic carbocycles. The van der Waals surface area contributed by atoms with Crippen molar-refractivity contribution >= 4 is 28.9 Å². The molecule has 1 fully saturated rings. The molecule has 0 aromatic heterocycles. The monoisotopic (exact) mass is 383 g/mol. The van der Waals surface area contributed by atoms with Crippen LogP contribution in [-0.2, 0) is 9.59 Å². The zero-order valence-electron chi connectivity index (χ0n) is 16.3. The molecule has 5 nitrogen and oxygen atoms in total. The second-order valence-corrected chi connectivity index (χ2v) is 7.32. The highest BCUT2D eigenvalue weighted by molar-refractivity contribution is 6.01. The minimum Gasteiger partial charge on any atom is -0.372 e. The van der Waals surface area contributed by atoms with Gasteiger partial charge >= 0.3 is 0 Å². The predicted molar refractivity (Wildman–Crippen MR) is 110 cm³/mol. The first-order chi connectivity index (χ1) is 13.4. The molecule has 3 rings (SSSR count). The van der Waals surface area contributed by atoms with Crippen LogP contribution in [0.5, 0.6) is 0 Å². The van der Waals surface area contributed by atoms with Crippen molar-refractivity contribution < 1.29 is 14.0 Å². The van der Waals surface area contributed by atoms with Crippen LogP contribution in [0.25, 0.3) is 0 Å². The fourth-order valence-electron chi connectivity index (χ4n) is 3.39. The number of piperidine rings is 1. The van der Waals surface area contributed by atoms with Crippen LogP contribution in [0.2, 0.25) is 0 Å². The number of amides is 2. The lowest BCUT2D eigenvalue weighted by Gasteiger charge is -2.32. The van der Waals surface area contributed by atoms with Crippen LogP contribution in [0.15, 0.2) is 48.5 Å². The van der Waals surface area contributed by atoms with Crippen LogP contribution in [-0.4, -0.2) is 31.4 Å². The summed E-state index contributed by atoms with van der Waals surface area (Å²) in [5.74, 6) is -0.445. The highest BCUT2D eigenvalue weighted by Gasteiger charge is 2.19. The molecule has 1 heterocycles. The van der Waals surface area contributed by atoms with Gasteiger partial charge in [-0.1, -0.05) is 19.1 Å². The Morgan fingerprint density at radius 1 is 1.11 bits per heavy atom. The van der Waals surface area contributed by atoms with Crippen molar-refractivity contribution in [1.82, 2.24) is 0 Å². The Balaban J connectivity index is 1.67. The van der Waals surface area contributed by atoms with E-state index in [0.717, 1.165) is 24.7 Å². The van der Waals surface area contributed by atoms with Gasteiger partial charge in [-0.3, -0.25) is 9.59 Å². The highest BCUT2D eigenvalue weighted by atomic mass is 19.1. The normalized spacial score (nSPS) is 14.6. The summed E-state index contributed by atoms with van der Waals surface area (Å²) in [6.07, 6.45) is 2.36. The van der Waals surface area contributed by atoms with E-state index in [1.54, 1.807) is 12.1 Å². The minimum atomic E-state index is -0.509. The number of hydrogen-bond acceptors (Lipinski definition) is 3. The van der Waals surface area contributed by atoms with E-state index in [9.17, 15) is 14.0 Å². The van der Waals surface area contributed by atoms with E-state index in [-0.39, 0.29) is 18.1 Å². The van der Waals surface area contributed by atoms with Crippen LogP contribution in [0.3, 0.4) is 0 Å². The summed E-state index contributed by atoms with van der Waals surface area (Å²) in [6, 6.07) is 13.6. The summed E-state index contributed by atoms with van der Waals surface area (Å²) < 4.78 is 13.7. The van der Waals surface area contributed by atoms with Crippen LogP contribution in [0.1, 0.15) is 26.7 Å². The standard InChI is InChI=1S/C22H26FN3O2/c1-16-11-13-25(14-12-16)18-7-9-19(10-8-18)26(17(2)27)15-22(28)24-21-6-4-3-5-20(21)23/h3-10,16H,11-15H2,1-2H3,(H,24,28). The molecule has 0 aliphatic carbocycles. The molecule has 2 amide bonds. The third-order valence-electron chi connectivity index (χ3n) is 5.14. The molecule has 28 heavy (non-hydrogen) atoms. The molecule has 0 bridgehead atoms. The van der Waals surface area contributed by atoms with Gasteiger partial charge in [0.25, 0.3) is 0 Å². The number of carbonyl (C=O) groups is 2. The Labute approximate surface area is 165 Å². The Bertz CT molecular complexity index is 830. The van der Waals surface area contributed by atoms with E-state index >= 15 is 0 Å². The smallest absolute Gasteiger partial charge is 0.244 e. The van der Waals surface area contributed by atoms with Crippen molar-refractivity contribution in [2.75, 3.05) is 34.8 Å². The number of carbonyl (C=O) groups excluding carboxylic acids is 2. The summed E-state index contributed by atoms with van der Waals surface area (Å²) in [5.41, 5.74) is 1.87. The van der Waals surface area contributed by atoms with E-state index in [4.69, 9.17) is 0 Å². The summed E-state index contributed by atoms with van der Waals surface area (Å²) in [7, 11) is 0. The van der Waals surface area contributed by atoms with E-state index in [1.165, 1.54) is 36.8 Å². The average Bonchev–Trinajstić information content (AvgIpc) is 2.68. The zero-order valence-corrected chi connectivity index (χ0v) is 16.3. The number of halogens is 1. The molecule has 2 aromatic rings. The quantitative estimate of drug-likeness (QED) is 0.847. The van der Waals surface area contributed by atoms with Crippen molar-refractivity contribution in [3.63, 3.8) is 0 Å². The second-order valence-electron chi connectivity index (χ2n) is 7.32. The van der Waals surface area contributed by atoms with E-state index < -0.39 is 11.7 Å². The van der Waals surface area contributed by atoms with Crippen molar-refractivity contribution in [3.05, 3.63) is 54.3 Å². The average molecular weight is 383 g/mol. The fourth-order valence-corrected chi connectivity index (χ4v) is 3.39. The topological polar surface area (TPSA) is 52.7 Å². The maximum Gasteiger partial charge on any atom is 0.244 e. The first-order valence-electron chi connectivity index (χ1n) is 9.61. The molecule has 1 aliphatic rings. The lowest BCUT2D eigenvalue weighted by atomic mass is 9.99. The van der Waals surface area contributed by atoms with Crippen LogP contribution in [0.4, 0.5) is 21.5 Å². The second kappa shape index (κ2) is 8.87. The molecule has 6 heteroatoms. The van der Waals surface area contributed by atoms with Crippen LogP contribution in [0, 0.1) is 11.7 Å². The Morgan fingerprint density at radius 3 is 2.36 bits per heavy atom. The lowest BCUT2D eigenvalue weighted by molar-refractivity contribution is -0.120. The number of hydrogen-bond donors (Lipinski definition) is 1. The number of nitrogens with one attached hydrogen (secondary N) is 1. The Kier molecular flexibility index (Phi) is 6.29. The molecule has 0 unspecified atom stereocenters. The summed E-state index contributed by atoms with van der Waals surface area (Å²) in [4.78, 5) is 28.1. The molecule has 1 aliphatic heterocycles. The molecule has 0 saturated carbocycles. The molecule has 0 radical (unpaired) electrons. The van der Waals surface area contributed by atoms with Gasteiger partial charge in [-0.05, 0) is 55.2 Å². The molecule has 148 valence electrons. The molecule has 0 atom stereocenters. The van der Waals surface area contributed by atoms with E-state index in [1.807, 2.05) is 24.3 Å². The minimum absolute atomic E-state index is 0.102. The van der Waals surface area contributed by atoms with Gasteiger partial charge in [-0.15, -0.1) is 0 Å². The van der Waals surface area contributed by atoms with Crippen LogP contribution >= 0.6 is 0 Å². The summed E-state index contributed by atoms with van der Waals surface area (Å²) in [5, 5.41) is 2.52. The maximum absolute atomic E-state index is 13.7. The molecular formula is C22H26FN3O2. The Morgan fingerprint density at radius 2 is 1.75 bits per heavy atom. The molecule has 1 N–H and O–H groups in total. The fraction of sp³-hybridized carbons (Fsp3) is 0.364. The number of benzene rings is 2. The van der Waals surface area contributed by atoms with Crippen molar-refractivity contribution in [2.24, 2.45) is 5.92 Å². The first-order valence-corrected chi connectivity index (χ1v) is 9.61. The SMILES string of the molecule is CC(=O)N(CC(=O)Nc1ccccc1F)c1ccc(N2CCC(C)CC2)cc1. The number of rotatable bonds is 5. The van der Waals surface area contributed by atoms with Gasteiger partial charge < -0.3 is 15.1 Å². The van der Waals surface area contributed by atoms with E-state index in [2.05, 4.69) is 17.1 Å². The third kappa shape index (κ3) is 4.88. The maximum atomic E-state index is 13.7. The van der Waals surface area contributed by atoms with Gasteiger partial charge in [-0.2, -0.15) is 0 Å². The third-order valence-corrected chi connectivity index (χ3v) is 5.14. The first kappa shape index (κ1) is 19.9. The van der Waals surface area contributed by atoms with Crippen LogP contribution < -0.4 is 15.1 Å². The van der Waals surface area contributed by atoms with Gasteiger partial charge in [0.2, 0.25) is 11.8 Å². The van der Waals surface area contributed by atoms with Gasteiger partial charge in [0.1, 0.15) is 12.4 Å². The summed E-state index contributed by atoms with van der Waals surface area (Å²) >= 11 is 0. The lowest BCUT2D eigenvalue weighted by Crippen LogP contribution is -2.37. The largest absolute Gasteiger partial charge is 0.372 e. The number of anilines is 3. The number of nitrogens with zero attached hydrogens (tertiary/aromatic N) is 2. The highest BCUT2D eigenvalue weighted by Crippen LogP contribution is 2.25. The van der Waals surface area contributed by atoms with Gasteiger partial charge in [0, 0.05) is 31.4 Å². The van der Waals surface area contributed by atoms with Gasteiger partial charge in [0.15, 0.2) is 0 Å². The molecule has 0 spiro atoms. The predicted octanol–water partition coefficient (Wildman–Crippen LogP) is 4.05. The zero-order chi connectivity index (χ0) is 20.1. The van der Waals surface area contributed by atoms with Crippen molar-refractivity contribution in [2.45, 2.75) is 26.7 Å². The number of para-hydroxylation sites is 1. The molecule has 1 saturated heterocycles. The van der Waals surface area contributed by atoms with Crippen molar-refractivity contribution in [3.8, 4) is 0 Å². The summed E-state index contributed by atoms with van der Waals surface area (Å²) in [6.45, 7) is 5.57. The van der Waals surface area contributed by atoms with Crippen molar-refractivity contribution in [1.29, 1.82) is 0 Å². The Hall–Kier alpha value is -2.89. The molecular weight excluding hydrogens is 357 g/mol. The van der Waals surface area contributed by atoms with Gasteiger partial charge in [0.05, 0.1) is 5.69 Å².